The molecule has 3 heterocycles. The third kappa shape index (κ3) is 4.90. The summed E-state index contributed by atoms with van der Waals surface area (Å²) < 4.78 is 26.4. The number of nitrogens with zero attached hydrogens (tertiary/aromatic N) is 3. The van der Waals surface area contributed by atoms with Gasteiger partial charge in [0, 0.05) is 31.4 Å². The van der Waals surface area contributed by atoms with Crippen molar-refractivity contribution in [3.05, 3.63) is 41.1 Å². The molecule has 5 rings (SSSR count). The van der Waals surface area contributed by atoms with E-state index in [0.29, 0.717) is 64.8 Å². The first-order valence-electron chi connectivity index (χ1n) is 12.6. The van der Waals surface area contributed by atoms with Crippen LogP contribution in [0.2, 0.25) is 0 Å². The van der Waals surface area contributed by atoms with Crippen LogP contribution in [0.25, 0.3) is 22.3 Å². The van der Waals surface area contributed by atoms with Crippen LogP contribution >= 0.6 is 0 Å². The zero-order valence-electron chi connectivity index (χ0n) is 21.6. The summed E-state index contributed by atoms with van der Waals surface area (Å²) in [5.41, 5.74) is 2.95. The second kappa shape index (κ2) is 10.1. The smallest absolute Gasteiger partial charge is 0.255 e. The van der Waals surface area contributed by atoms with Crippen LogP contribution < -0.4 is 10.1 Å². The highest BCUT2D eigenvalue weighted by molar-refractivity contribution is 6.09. The quantitative estimate of drug-likeness (QED) is 0.481. The third-order valence-corrected chi connectivity index (χ3v) is 7.20. The van der Waals surface area contributed by atoms with Crippen LogP contribution in [0.1, 0.15) is 47.8 Å². The van der Waals surface area contributed by atoms with Crippen LogP contribution in [0.4, 0.5) is 4.39 Å². The summed E-state index contributed by atoms with van der Waals surface area (Å²) in [4.78, 5) is 39.4. The van der Waals surface area contributed by atoms with Gasteiger partial charge in [0.2, 0.25) is 5.91 Å². The summed E-state index contributed by atoms with van der Waals surface area (Å²) in [6.07, 6.45) is 4.22. The summed E-state index contributed by atoms with van der Waals surface area (Å²) in [7, 11) is 1.48. The largest absolute Gasteiger partial charge is 0.492 e. The Labute approximate surface area is 214 Å². The monoisotopic (exact) mass is 509 g/mol. The van der Waals surface area contributed by atoms with Crippen molar-refractivity contribution in [3.63, 3.8) is 0 Å². The minimum Gasteiger partial charge on any atom is -0.492 e. The molecule has 2 fully saturated rings. The summed E-state index contributed by atoms with van der Waals surface area (Å²) in [5, 5.41) is 3.05. The van der Waals surface area contributed by atoms with Gasteiger partial charge in [-0.2, -0.15) is 0 Å². The van der Waals surface area contributed by atoms with Crippen LogP contribution in [0, 0.1) is 25.6 Å². The summed E-state index contributed by atoms with van der Waals surface area (Å²) in [6, 6.07) is 3.25. The molecule has 2 N–H and O–H groups in total. The molecule has 0 spiro atoms. The number of nitrogens with one attached hydrogen (secondary N) is 2. The lowest BCUT2D eigenvalue weighted by molar-refractivity contribution is -0.135. The molecule has 1 aromatic carbocycles. The van der Waals surface area contributed by atoms with E-state index in [1.165, 1.54) is 13.4 Å². The third-order valence-electron chi connectivity index (χ3n) is 7.20. The number of rotatable bonds is 8. The number of aromatic nitrogens is 3. The van der Waals surface area contributed by atoms with Gasteiger partial charge in [0.05, 0.1) is 23.3 Å². The number of benzene rings is 1. The lowest BCUT2D eigenvalue weighted by Crippen LogP contribution is -2.40. The van der Waals surface area contributed by atoms with Crippen molar-refractivity contribution >= 4 is 22.8 Å². The molecule has 3 aromatic rings. The van der Waals surface area contributed by atoms with E-state index in [1.807, 2.05) is 6.92 Å². The van der Waals surface area contributed by atoms with Crippen molar-refractivity contribution in [2.24, 2.45) is 5.92 Å². The molecule has 0 unspecified atom stereocenters. The minimum absolute atomic E-state index is 0.00807. The highest BCUT2D eigenvalue weighted by Gasteiger charge is 2.34. The van der Waals surface area contributed by atoms with Crippen LogP contribution in [0.15, 0.2) is 18.5 Å². The molecule has 2 atom stereocenters. The van der Waals surface area contributed by atoms with E-state index in [2.05, 4.69) is 20.3 Å². The number of hydrogen-bond acceptors (Lipinski definition) is 6. The maximum absolute atomic E-state index is 15.5. The molecular formula is C27H32FN5O4. The number of carbonyl (C=O) groups is 2. The number of H-pyrrole nitrogens is 1. The molecule has 2 amide bonds. The molecule has 37 heavy (non-hydrogen) atoms. The number of carbonyl (C=O) groups excluding carboxylic acids is 2. The maximum Gasteiger partial charge on any atom is 0.255 e. The second-order valence-electron chi connectivity index (χ2n) is 10.1. The van der Waals surface area contributed by atoms with Crippen molar-refractivity contribution in [1.82, 2.24) is 25.2 Å². The fraction of sp³-hybridized carbons (Fsp3) is 0.481. The molecule has 1 saturated carbocycles. The van der Waals surface area contributed by atoms with E-state index in [-0.39, 0.29) is 36.1 Å². The number of aromatic amines is 1. The van der Waals surface area contributed by atoms with E-state index in [0.717, 1.165) is 12.8 Å². The van der Waals surface area contributed by atoms with E-state index >= 15 is 4.39 Å². The second-order valence-corrected chi connectivity index (χ2v) is 10.1. The van der Waals surface area contributed by atoms with Crippen molar-refractivity contribution in [2.75, 3.05) is 26.9 Å². The predicted octanol–water partition coefficient (Wildman–Crippen LogP) is 3.54. The SMILES string of the molecule is COCC(=O)N1C[C@H](NC(=O)c2c(C)[nH]c3c(-c4c(OCC5CC5)ccc(C)c4F)ncnc23)C[C@H]1C. The van der Waals surface area contributed by atoms with Crippen molar-refractivity contribution < 1.29 is 23.5 Å². The number of fused-ring (bicyclic) bond motifs is 1. The van der Waals surface area contributed by atoms with Gasteiger partial charge in [-0.05, 0) is 57.6 Å². The van der Waals surface area contributed by atoms with Gasteiger partial charge in [0.25, 0.3) is 5.91 Å². The zero-order valence-corrected chi connectivity index (χ0v) is 21.6. The summed E-state index contributed by atoms with van der Waals surface area (Å²) in [5.74, 6) is 0.111. The number of ether oxygens (including phenoxy) is 2. The maximum atomic E-state index is 15.5. The van der Waals surface area contributed by atoms with E-state index in [1.54, 1.807) is 30.9 Å². The van der Waals surface area contributed by atoms with Gasteiger partial charge in [0.1, 0.15) is 35.7 Å². The fourth-order valence-electron chi connectivity index (χ4n) is 5.03. The normalized spacial score (nSPS) is 19.4. The zero-order chi connectivity index (χ0) is 26.3. The van der Waals surface area contributed by atoms with Crippen LogP contribution in [0.3, 0.4) is 0 Å². The molecule has 1 saturated heterocycles. The van der Waals surface area contributed by atoms with Gasteiger partial charge in [-0.15, -0.1) is 0 Å². The molecule has 2 aliphatic rings. The Balaban J connectivity index is 1.46. The molecule has 1 aliphatic carbocycles. The number of methoxy groups -OCH3 is 1. The first-order chi connectivity index (χ1) is 17.8. The van der Waals surface area contributed by atoms with E-state index in [4.69, 9.17) is 9.47 Å². The lowest BCUT2D eigenvalue weighted by atomic mass is 10.0. The molecule has 10 heteroatoms. The lowest BCUT2D eigenvalue weighted by Gasteiger charge is -2.20. The van der Waals surface area contributed by atoms with Gasteiger partial charge in [-0.3, -0.25) is 9.59 Å². The molecule has 9 nitrogen and oxygen atoms in total. The number of aryl methyl sites for hydroxylation is 2. The average molecular weight is 510 g/mol. The number of likely N-dealkylation sites (tertiary alicyclic amines) is 1. The highest BCUT2D eigenvalue weighted by atomic mass is 19.1. The van der Waals surface area contributed by atoms with Gasteiger partial charge in [-0.25, -0.2) is 14.4 Å². The Morgan fingerprint density at radius 2 is 2.03 bits per heavy atom. The Morgan fingerprint density at radius 1 is 1.24 bits per heavy atom. The van der Waals surface area contributed by atoms with E-state index in [9.17, 15) is 9.59 Å². The molecule has 0 radical (unpaired) electrons. The summed E-state index contributed by atoms with van der Waals surface area (Å²) in [6.45, 7) is 6.38. The Hall–Kier alpha value is -3.53. The van der Waals surface area contributed by atoms with Gasteiger partial charge in [-0.1, -0.05) is 6.07 Å². The van der Waals surface area contributed by atoms with Gasteiger partial charge in [0.15, 0.2) is 0 Å². The standard InChI is InChI=1S/C27H32FN5O4/c1-14-5-8-19(37-11-17-6-7-17)22(23(14)28)25-26-24(29-13-30-25)21(16(3)31-26)27(35)32-18-9-15(2)33(10-18)20(34)12-36-4/h5,8,13,15,17-18,31H,6-7,9-12H2,1-4H3,(H,32,35)/t15-,18-/m1/s1. The van der Waals surface area contributed by atoms with Crippen LogP contribution in [0.5, 0.6) is 5.75 Å². The van der Waals surface area contributed by atoms with Crippen LogP contribution in [-0.4, -0.2) is 70.6 Å². The van der Waals surface area contributed by atoms with Gasteiger partial charge < -0.3 is 24.7 Å². The Morgan fingerprint density at radius 3 is 2.76 bits per heavy atom. The topological polar surface area (TPSA) is 109 Å². The van der Waals surface area contributed by atoms with Crippen molar-refractivity contribution in [1.29, 1.82) is 0 Å². The Kier molecular flexibility index (Phi) is 6.85. The van der Waals surface area contributed by atoms with Crippen molar-refractivity contribution in [3.8, 4) is 17.0 Å². The highest BCUT2D eigenvalue weighted by Crippen LogP contribution is 2.39. The van der Waals surface area contributed by atoms with E-state index < -0.39 is 5.82 Å². The van der Waals surface area contributed by atoms with Crippen molar-refractivity contribution in [2.45, 2.75) is 52.1 Å². The molecule has 2 aromatic heterocycles. The first kappa shape index (κ1) is 25.1. The molecule has 1 aliphatic heterocycles. The predicted molar refractivity (Wildman–Crippen MR) is 136 cm³/mol. The Bertz CT molecular complexity index is 1350. The summed E-state index contributed by atoms with van der Waals surface area (Å²) >= 11 is 0. The molecule has 0 bridgehead atoms. The molecular weight excluding hydrogens is 477 g/mol. The first-order valence-corrected chi connectivity index (χ1v) is 12.6. The average Bonchev–Trinajstić information content (AvgIpc) is 3.52. The number of amides is 2. The number of hydrogen-bond donors (Lipinski definition) is 2. The van der Waals surface area contributed by atoms with Gasteiger partial charge >= 0.3 is 0 Å². The minimum atomic E-state index is -0.410. The van der Waals surface area contributed by atoms with Crippen LogP contribution in [-0.2, 0) is 9.53 Å². The fourth-order valence-corrected chi connectivity index (χ4v) is 5.03. The number of halogens is 1. The molecule has 196 valence electrons.